The molecule has 1 aliphatic carbocycles. The summed E-state index contributed by atoms with van der Waals surface area (Å²) in [7, 11) is 2.95. The Morgan fingerprint density at radius 2 is 1.91 bits per heavy atom. The fourth-order valence-electron chi connectivity index (χ4n) is 3.98. The highest BCUT2D eigenvalue weighted by Gasteiger charge is 2.42. The third kappa shape index (κ3) is 3.51. The molecule has 4 aromatic rings. The van der Waals surface area contributed by atoms with Crippen molar-refractivity contribution in [3.8, 4) is 23.1 Å². The number of methoxy groups -OCH3 is 2. The van der Waals surface area contributed by atoms with Crippen molar-refractivity contribution in [2.24, 2.45) is 0 Å². The fraction of sp³-hybridized carbons (Fsp3) is 0.273. The zero-order valence-electron chi connectivity index (χ0n) is 17.2. The molecule has 0 aliphatic heterocycles. The summed E-state index contributed by atoms with van der Waals surface area (Å²) in [6.45, 7) is 0. The molecule has 3 heterocycles. The molecule has 5 rings (SSSR count). The van der Waals surface area contributed by atoms with Crippen LogP contribution < -0.4 is 9.47 Å². The highest BCUT2D eigenvalue weighted by atomic mass is 19.4. The molecule has 1 fully saturated rings. The van der Waals surface area contributed by atoms with Crippen molar-refractivity contribution in [2.75, 3.05) is 14.2 Å². The Kier molecular flexibility index (Phi) is 4.72. The van der Waals surface area contributed by atoms with E-state index in [0.717, 1.165) is 18.1 Å². The van der Waals surface area contributed by atoms with Gasteiger partial charge >= 0.3 is 12.2 Å². The van der Waals surface area contributed by atoms with E-state index in [1.807, 2.05) is 6.07 Å². The molecule has 3 aromatic heterocycles. The van der Waals surface area contributed by atoms with Gasteiger partial charge in [-0.3, -0.25) is 0 Å². The van der Waals surface area contributed by atoms with Crippen LogP contribution in [-0.2, 0) is 6.18 Å². The van der Waals surface area contributed by atoms with Gasteiger partial charge in [-0.25, -0.2) is 14.5 Å². The maximum atomic E-state index is 13.2. The van der Waals surface area contributed by atoms with Gasteiger partial charge in [-0.15, -0.1) is 0 Å². The van der Waals surface area contributed by atoms with Crippen LogP contribution in [0.5, 0.6) is 11.9 Å². The number of aromatic nitrogens is 5. The first-order chi connectivity index (χ1) is 15.4. The fourth-order valence-corrected chi connectivity index (χ4v) is 3.98. The first kappa shape index (κ1) is 20.2. The Morgan fingerprint density at radius 3 is 2.66 bits per heavy atom. The van der Waals surface area contributed by atoms with Gasteiger partial charge < -0.3 is 9.47 Å². The molecular weight excluding hydrogens is 423 g/mol. The zero-order chi connectivity index (χ0) is 22.5. The summed E-state index contributed by atoms with van der Waals surface area (Å²) in [4.78, 5) is 12.8. The smallest absolute Gasteiger partial charge is 0.416 e. The van der Waals surface area contributed by atoms with Crippen LogP contribution in [0, 0.1) is 0 Å². The van der Waals surface area contributed by atoms with Gasteiger partial charge in [0.15, 0.2) is 5.65 Å². The molecular formula is C22H18F3N5O2. The van der Waals surface area contributed by atoms with Crippen LogP contribution in [0.25, 0.3) is 16.9 Å². The Morgan fingerprint density at radius 1 is 1.06 bits per heavy atom. The highest BCUT2D eigenvalue weighted by Crippen LogP contribution is 2.56. The molecule has 1 unspecified atom stereocenters. The third-order valence-electron chi connectivity index (χ3n) is 5.60. The van der Waals surface area contributed by atoms with E-state index >= 15 is 0 Å². The van der Waals surface area contributed by atoms with Crippen molar-refractivity contribution in [1.29, 1.82) is 0 Å². The number of ether oxygens (including phenoxy) is 2. The van der Waals surface area contributed by atoms with E-state index in [1.54, 1.807) is 29.2 Å². The maximum Gasteiger partial charge on any atom is 0.416 e. The van der Waals surface area contributed by atoms with Crippen molar-refractivity contribution >= 4 is 5.65 Å². The maximum absolute atomic E-state index is 13.2. The monoisotopic (exact) mass is 441 g/mol. The Hall–Kier alpha value is -3.69. The second-order valence-corrected chi connectivity index (χ2v) is 7.53. The molecule has 0 amide bonds. The van der Waals surface area contributed by atoms with E-state index in [0.29, 0.717) is 28.3 Å². The molecule has 1 aliphatic rings. The lowest BCUT2D eigenvalue weighted by Gasteiger charge is -2.11. The molecule has 0 N–H and O–H groups in total. The predicted octanol–water partition coefficient (Wildman–Crippen LogP) is 4.49. The second kappa shape index (κ2) is 7.47. The van der Waals surface area contributed by atoms with E-state index < -0.39 is 11.7 Å². The minimum atomic E-state index is -4.37. The third-order valence-corrected chi connectivity index (χ3v) is 5.60. The lowest BCUT2D eigenvalue weighted by molar-refractivity contribution is -0.137. The number of imidazole rings is 1. The Balaban J connectivity index is 1.55. The van der Waals surface area contributed by atoms with Gasteiger partial charge in [0, 0.05) is 24.2 Å². The number of benzene rings is 1. The van der Waals surface area contributed by atoms with Crippen LogP contribution in [0.15, 0.2) is 48.9 Å². The Labute approximate surface area is 180 Å². The van der Waals surface area contributed by atoms with Crippen LogP contribution in [0.3, 0.4) is 0 Å². The molecule has 7 nitrogen and oxygen atoms in total. The molecule has 1 aromatic carbocycles. The Bertz CT molecular complexity index is 1300. The van der Waals surface area contributed by atoms with Gasteiger partial charge in [-0.1, -0.05) is 18.2 Å². The van der Waals surface area contributed by atoms with Gasteiger partial charge in [0.05, 0.1) is 31.0 Å². The van der Waals surface area contributed by atoms with Crippen LogP contribution in [0.2, 0.25) is 0 Å². The summed E-state index contributed by atoms with van der Waals surface area (Å²) in [5.41, 5.74) is 2.74. The highest BCUT2D eigenvalue weighted by molar-refractivity contribution is 5.68. The minimum Gasteiger partial charge on any atom is -0.480 e. The molecule has 2 atom stereocenters. The topological polar surface area (TPSA) is 74.4 Å². The minimum absolute atomic E-state index is 0.0234. The van der Waals surface area contributed by atoms with Crippen LogP contribution in [0.1, 0.15) is 34.9 Å². The average molecular weight is 441 g/mol. The van der Waals surface area contributed by atoms with E-state index in [1.165, 1.54) is 26.4 Å². The zero-order valence-corrected chi connectivity index (χ0v) is 17.2. The van der Waals surface area contributed by atoms with Crippen molar-refractivity contribution in [3.05, 3.63) is 65.6 Å². The molecule has 0 bridgehead atoms. The summed E-state index contributed by atoms with van der Waals surface area (Å²) >= 11 is 0. The number of fused-ring (bicyclic) bond motifs is 1. The molecule has 0 spiro atoms. The first-order valence-corrected chi connectivity index (χ1v) is 9.86. The van der Waals surface area contributed by atoms with E-state index in [9.17, 15) is 13.2 Å². The summed E-state index contributed by atoms with van der Waals surface area (Å²) in [5, 5.41) is 4.59. The summed E-state index contributed by atoms with van der Waals surface area (Å²) in [6, 6.07) is 7.57. The molecule has 164 valence electrons. The quantitative estimate of drug-likeness (QED) is 0.454. The first-order valence-electron chi connectivity index (χ1n) is 9.86. The second-order valence-electron chi connectivity index (χ2n) is 7.53. The van der Waals surface area contributed by atoms with Gasteiger partial charge in [0.1, 0.15) is 0 Å². The summed E-state index contributed by atoms with van der Waals surface area (Å²) in [6.07, 6.45) is 1.28. The van der Waals surface area contributed by atoms with Crippen LogP contribution in [0.4, 0.5) is 13.2 Å². The predicted molar refractivity (Wildman–Crippen MR) is 109 cm³/mol. The van der Waals surface area contributed by atoms with Crippen molar-refractivity contribution in [3.63, 3.8) is 0 Å². The number of halogens is 3. The van der Waals surface area contributed by atoms with Gasteiger partial charge in [-0.05, 0) is 36.0 Å². The number of hydrogen-bond donors (Lipinski definition) is 0. The van der Waals surface area contributed by atoms with Crippen LogP contribution in [-0.4, -0.2) is 38.8 Å². The lowest BCUT2D eigenvalue weighted by atomic mass is 10.0. The summed E-state index contributed by atoms with van der Waals surface area (Å²) < 4.78 is 51.5. The van der Waals surface area contributed by atoms with E-state index in [2.05, 4.69) is 20.1 Å². The van der Waals surface area contributed by atoms with Crippen molar-refractivity contribution in [2.45, 2.75) is 24.4 Å². The molecule has 0 saturated heterocycles. The van der Waals surface area contributed by atoms with Gasteiger partial charge in [0.25, 0.3) is 0 Å². The number of nitrogens with zero attached hydrogens (tertiary/aromatic N) is 5. The number of hydrogen-bond acceptors (Lipinski definition) is 6. The largest absolute Gasteiger partial charge is 0.480 e. The van der Waals surface area contributed by atoms with Crippen molar-refractivity contribution < 1.29 is 22.6 Å². The SMILES string of the molecule is COc1ncc(-c2cc([C@H]3CC3c3cccc(C(F)(F)F)c3)c3nccn3n2)c(OC)n1. The van der Waals surface area contributed by atoms with Gasteiger partial charge in [0.2, 0.25) is 5.88 Å². The molecule has 1 saturated carbocycles. The normalized spacial score (nSPS) is 18.0. The number of alkyl halides is 3. The molecule has 10 heteroatoms. The molecule has 32 heavy (non-hydrogen) atoms. The standard InChI is InChI=1S/C22H18F3N5O2/c1-31-20-17(11-27-21(28-20)32-2)18-10-16(19-26-6-7-30(19)29-18)15-9-14(15)12-4-3-5-13(8-12)22(23,24)25/h3-8,10-11,14-15H,9H2,1-2H3/t14?,15-/m0/s1. The van der Waals surface area contributed by atoms with Crippen molar-refractivity contribution in [1.82, 2.24) is 24.6 Å². The lowest BCUT2D eigenvalue weighted by Crippen LogP contribution is -2.05. The van der Waals surface area contributed by atoms with E-state index in [-0.39, 0.29) is 17.8 Å². The number of rotatable bonds is 5. The molecule has 0 radical (unpaired) electrons. The average Bonchev–Trinajstić information content (AvgIpc) is 3.45. The summed E-state index contributed by atoms with van der Waals surface area (Å²) in [5.74, 6) is 0.303. The van der Waals surface area contributed by atoms with Gasteiger partial charge in [-0.2, -0.15) is 23.3 Å². The van der Waals surface area contributed by atoms with Crippen LogP contribution >= 0.6 is 0 Å². The van der Waals surface area contributed by atoms with E-state index in [4.69, 9.17) is 9.47 Å².